The molecule has 21 heavy (non-hydrogen) atoms. The number of benzene rings is 1. The van der Waals surface area contributed by atoms with Crippen molar-refractivity contribution in [3.63, 3.8) is 0 Å². The standard InChI is InChI=1S/C13H19FN2O4S/c1-4-5-16(6-7-19-2)21(17,18)10-8-11(14)13(20-3)12(15)9-10/h4,8-9H,1,5-7,15H2,2-3H3. The Labute approximate surface area is 124 Å². The fourth-order valence-corrected chi connectivity index (χ4v) is 3.19. The maximum atomic E-state index is 13.8. The van der Waals surface area contributed by atoms with Crippen LogP contribution in [0.4, 0.5) is 10.1 Å². The van der Waals surface area contributed by atoms with Gasteiger partial charge in [0.2, 0.25) is 10.0 Å². The summed E-state index contributed by atoms with van der Waals surface area (Å²) in [4.78, 5) is -0.240. The summed E-state index contributed by atoms with van der Waals surface area (Å²) < 4.78 is 49.6. The summed E-state index contributed by atoms with van der Waals surface area (Å²) in [6.07, 6.45) is 1.44. The number of sulfonamides is 1. The van der Waals surface area contributed by atoms with Crippen LogP contribution in [-0.4, -0.2) is 46.6 Å². The van der Waals surface area contributed by atoms with E-state index in [1.54, 1.807) is 0 Å². The molecule has 0 aliphatic carbocycles. The molecule has 0 spiro atoms. The Balaban J connectivity index is 3.24. The van der Waals surface area contributed by atoms with Crippen molar-refractivity contribution in [3.05, 3.63) is 30.6 Å². The number of rotatable bonds is 8. The second kappa shape index (κ2) is 7.39. The minimum atomic E-state index is -3.90. The third-order valence-corrected chi connectivity index (χ3v) is 4.61. The molecule has 1 aromatic rings. The Morgan fingerprint density at radius 1 is 1.43 bits per heavy atom. The zero-order valence-electron chi connectivity index (χ0n) is 12.0. The van der Waals surface area contributed by atoms with Gasteiger partial charge in [0.25, 0.3) is 0 Å². The van der Waals surface area contributed by atoms with Gasteiger partial charge in [-0.25, -0.2) is 12.8 Å². The van der Waals surface area contributed by atoms with Crippen molar-refractivity contribution in [2.24, 2.45) is 0 Å². The highest BCUT2D eigenvalue weighted by Gasteiger charge is 2.25. The molecule has 0 atom stereocenters. The highest BCUT2D eigenvalue weighted by Crippen LogP contribution is 2.29. The SMILES string of the molecule is C=CCN(CCOC)S(=O)(=O)c1cc(N)c(OC)c(F)c1. The number of nitrogen functional groups attached to an aromatic ring is 1. The van der Waals surface area contributed by atoms with Gasteiger partial charge in [0.05, 0.1) is 24.3 Å². The first-order valence-electron chi connectivity index (χ1n) is 6.11. The Hall–Kier alpha value is -1.64. The Bertz CT molecular complexity index is 581. The topological polar surface area (TPSA) is 81.9 Å². The lowest BCUT2D eigenvalue weighted by atomic mass is 10.3. The molecular weight excluding hydrogens is 299 g/mol. The van der Waals surface area contributed by atoms with Gasteiger partial charge in [-0.05, 0) is 12.1 Å². The molecule has 0 saturated heterocycles. The zero-order valence-corrected chi connectivity index (χ0v) is 12.8. The van der Waals surface area contributed by atoms with Crippen molar-refractivity contribution >= 4 is 15.7 Å². The van der Waals surface area contributed by atoms with E-state index in [9.17, 15) is 12.8 Å². The summed E-state index contributed by atoms with van der Waals surface area (Å²) >= 11 is 0. The van der Waals surface area contributed by atoms with Crippen LogP contribution in [-0.2, 0) is 14.8 Å². The average molecular weight is 318 g/mol. The summed E-state index contributed by atoms with van der Waals surface area (Å²) in [5.41, 5.74) is 5.53. The first kappa shape index (κ1) is 17.4. The van der Waals surface area contributed by atoms with Crippen LogP contribution in [0.3, 0.4) is 0 Å². The zero-order chi connectivity index (χ0) is 16.0. The van der Waals surface area contributed by atoms with Crippen LogP contribution in [0.1, 0.15) is 0 Å². The van der Waals surface area contributed by atoms with Gasteiger partial charge in [-0.3, -0.25) is 0 Å². The van der Waals surface area contributed by atoms with Crippen LogP contribution < -0.4 is 10.5 Å². The molecule has 0 heterocycles. The van der Waals surface area contributed by atoms with Gasteiger partial charge >= 0.3 is 0 Å². The van der Waals surface area contributed by atoms with E-state index < -0.39 is 15.8 Å². The molecule has 0 unspecified atom stereocenters. The lowest BCUT2D eigenvalue weighted by molar-refractivity contribution is 0.182. The van der Waals surface area contributed by atoms with Crippen LogP contribution in [0.25, 0.3) is 0 Å². The van der Waals surface area contributed by atoms with Gasteiger partial charge < -0.3 is 15.2 Å². The van der Waals surface area contributed by atoms with E-state index in [2.05, 4.69) is 6.58 Å². The van der Waals surface area contributed by atoms with E-state index in [4.69, 9.17) is 15.2 Å². The molecule has 0 amide bonds. The first-order chi connectivity index (χ1) is 9.88. The molecule has 6 nitrogen and oxygen atoms in total. The molecule has 8 heteroatoms. The summed E-state index contributed by atoms with van der Waals surface area (Å²) in [6.45, 7) is 3.93. The predicted octanol–water partition coefficient (Wildman–Crippen LogP) is 1.24. The monoisotopic (exact) mass is 318 g/mol. The number of ether oxygens (including phenoxy) is 2. The van der Waals surface area contributed by atoms with Crippen LogP contribution in [0.2, 0.25) is 0 Å². The average Bonchev–Trinajstić information content (AvgIpc) is 2.42. The lowest BCUT2D eigenvalue weighted by Gasteiger charge is -2.21. The largest absolute Gasteiger partial charge is 0.492 e. The molecule has 0 saturated carbocycles. The van der Waals surface area contributed by atoms with Gasteiger partial charge in [-0.2, -0.15) is 4.31 Å². The fourth-order valence-electron chi connectivity index (χ4n) is 1.75. The van der Waals surface area contributed by atoms with Crippen LogP contribution >= 0.6 is 0 Å². The van der Waals surface area contributed by atoms with Gasteiger partial charge in [0.15, 0.2) is 11.6 Å². The molecule has 118 valence electrons. The van der Waals surface area contributed by atoms with Crippen LogP contribution in [0.5, 0.6) is 5.75 Å². The number of nitrogens with zero attached hydrogens (tertiary/aromatic N) is 1. The maximum absolute atomic E-state index is 13.8. The third-order valence-electron chi connectivity index (χ3n) is 2.77. The van der Waals surface area contributed by atoms with Crippen molar-refractivity contribution in [3.8, 4) is 5.75 Å². The van der Waals surface area contributed by atoms with E-state index in [0.29, 0.717) is 0 Å². The molecule has 0 aliphatic heterocycles. The number of hydrogen-bond donors (Lipinski definition) is 1. The second-order valence-electron chi connectivity index (χ2n) is 4.17. The quantitative estimate of drug-likeness (QED) is 0.576. The van der Waals surface area contributed by atoms with E-state index in [1.165, 1.54) is 26.4 Å². The van der Waals surface area contributed by atoms with Crippen molar-refractivity contribution in [2.45, 2.75) is 4.90 Å². The Kier molecular flexibility index (Phi) is 6.13. The van der Waals surface area contributed by atoms with Gasteiger partial charge in [-0.15, -0.1) is 6.58 Å². The Morgan fingerprint density at radius 2 is 2.10 bits per heavy atom. The van der Waals surface area contributed by atoms with E-state index >= 15 is 0 Å². The van der Waals surface area contributed by atoms with Crippen molar-refractivity contribution in [2.75, 3.05) is 39.6 Å². The van der Waals surface area contributed by atoms with Gasteiger partial charge in [0, 0.05) is 20.2 Å². The molecule has 0 radical (unpaired) electrons. The molecule has 0 aromatic heterocycles. The van der Waals surface area contributed by atoms with Crippen molar-refractivity contribution in [1.82, 2.24) is 4.31 Å². The molecule has 1 aromatic carbocycles. The van der Waals surface area contributed by atoms with E-state index in [0.717, 1.165) is 10.4 Å². The summed E-state index contributed by atoms with van der Waals surface area (Å²) in [5, 5.41) is 0. The second-order valence-corrected chi connectivity index (χ2v) is 6.11. The normalized spacial score (nSPS) is 11.6. The maximum Gasteiger partial charge on any atom is 0.243 e. The summed E-state index contributed by atoms with van der Waals surface area (Å²) in [5.74, 6) is -1.01. The van der Waals surface area contributed by atoms with E-state index in [1.807, 2.05) is 0 Å². The highest BCUT2D eigenvalue weighted by atomic mass is 32.2. The fraction of sp³-hybridized carbons (Fsp3) is 0.385. The Morgan fingerprint density at radius 3 is 2.57 bits per heavy atom. The summed E-state index contributed by atoms with van der Waals surface area (Å²) in [7, 11) is -1.18. The van der Waals surface area contributed by atoms with Gasteiger partial charge in [0.1, 0.15) is 0 Å². The highest BCUT2D eigenvalue weighted by molar-refractivity contribution is 7.89. The van der Waals surface area contributed by atoms with Crippen molar-refractivity contribution in [1.29, 1.82) is 0 Å². The number of hydrogen-bond acceptors (Lipinski definition) is 5. The van der Waals surface area contributed by atoms with E-state index in [-0.39, 0.29) is 36.0 Å². The molecule has 0 aliphatic rings. The third kappa shape index (κ3) is 3.93. The van der Waals surface area contributed by atoms with Crippen LogP contribution in [0, 0.1) is 5.82 Å². The molecule has 0 bridgehead atoms. The lowest BCUT2D eigenvalue weighted by Crippen LogP contribution is -2.34. The van der Waals surface area contributed by atoms with Crippen molar-refractivity contribution < 1.29 is 22.3 Å². The molecular formula is C13H19FN2O4S. The molecule has 0 fully saturated rings. The number of nitrogens with two attached hydrogens (primary N) is 1. The molecule has 1 rings (SSSR count). The van der Waals surface area contributed by atoms with Gasteiger partial charge in [-0.1, -0.05) is 6.08 Å². The first-order valence-corrected chi connectivity index (χ1v) is 7.55. The smallest absolute Gasteiger partial charge is 0.243 e. The predicted molar refractivity (Wildman–Crippen MR) is 78.2 cm³/mol. The number of methoxy groups -OCH3 is 2. The minimum Gasteiger partial charge on any atom is -0.492 e. The summed E-state index contributed by atoms with van der Waals surface area (Å²) in [6, 6.07) is 2.05. The number of anilines is 1. The molecule has 2 N–H and O–H groups in total. The van der Waals surface area contributed by atoms with Crippen LogP contribution in [0.15, 0.2) is 29.7 Å². The number of halogens is 1. The minimum absolute atomic E-state index is 0.0821.